The van der Waals surface area contributed by atoms with Gasteiger partial charge in [-0.2, -0.15) is 0 Å². The molecule has 2 N–H and O–H groups in total. The van der Waals surface area contributed by atoms with E-state index in [9.17, 15) is 4.79 Å². The number of nitrogens with two attached hydrogens (primary N) is 1. The van der Waals surface area contributed by atoms with Crippen LogP contribution in [0.1, 0.15) is 25.7 Å². The van der Waals surface area contributed by atoms with E-state index < -0.39 is 0 Å². The number of carbonyl (C=O) groups excluding carboxylic acids is 1. The van der Waals surface area contributed by atoms with Gasteiger partial charge in [-0.3, -0.25) is 4.79 Å². The average Bonchev–Trinajstić information content (AvgIpc) is 3.04. The molecule has 1 amide bonds. The van der Waals surface area contributed by atoms with Crippen molar-refractivity contribution in [2.75, 3.05) is 33.4 Å². The second-order valence-corrected chi connectivity index (χ2v) is 4.23. The van der Waals surface area contributed by atoms with Gasteiger partial charge in [-0.15, -0.1) is 0 Å². The molecule has 88 valence electrons. The Morgan fingerprint density at radius 3 is 2.87 bits per heavy atom. The van der Waals surface area contributed by atoms with Gasteiger partial charge in [-0.05, 0) is 31.7 Å². The first-order valence-electron chi connectivity index (χ1n) is 5.76. The van der Waals surface area contributed by atoms with Crippen LogP contribution in [0.5, 0.6) is 0 Å². The molecule has 0 atom stereocenters. The Bertz CT molecular complexity index is 193. The van der Waals surface area contributed by atoms with E-state index in [1.54, 1.807) is 4.90 Å². The molecule has 0 aliphatic heterocycles. The van der Waals surface area contributed by atoms with Gasteiger partial charge in [0.2, 0.25) is 5.91 Å². The third-order valence-corrected chi connectivity index (χ3v) is 2.63. The maximum Gasteiger partial charge on any atom is 0.224 e. The van der Waals surface area contributed by atoms with Crippen LogP contribution in [0, 0.1) is 5.92 Å². The SMILES string of the molecule is CN(CCCN)C(=O)CCOCC1CC1. The predicted molar refractivity (Wildman–Crippen MR) is 59.5 cm³/mol. The van der Waals surface area contributed by atoms with Crippen molar-refractivity contribution in [2.24, 2.45) is 11.7 Å². The lowest BCUT2D eigenvalue weighted by molar-refractivity contribution is -0.131. The highest BCUT2D eigenvalue weighted by atomic mass is 16.5. The number of amides is 1. The van der Waals surface area contributed by atoms with Crippen LogP contribution in [-0.2, 0) is 9.53 Å². The highest BCUT2D eigenvalue weighted by molar-refractivity contribution is 5.75. The van der Waals surface area contributed by atoms with Crippen molar-refractivity contribution in [3.05, 3.63) is 0 Å². The first kappa shape index (κ1) is 12.5. The van der Waals surface area contributed by atoms with Crippen LogP contribution in [0.25, 0.3) is 0 Å². The largest absolute Gasteiger partial charge is 0.381 e. The molecule has 0 spiro atoms. The Hall–Kier alpha value is -0.610. The molecule has 0 aromatic heterocycles. The fourth-order valence-electron chi connectivity index (χ4n) is 1.34. The van der Waals surface area contributed by atoms with Gasteiger partial charge in [0.15, 0.2) is 0 Å². The highest BCUT2D eigenvalue weighted by Crippen LogP contribution is 2.28. The number of nitrogens with zero attached hydrogens (tertiary/aromatic N) is 1. The van der Waals surface area contributed by atoms with Gasteiger partial charge in [-0.1, -0.05) is 0 Å². The first-order valence-corrected chi connectivity index (χ1v) is 5.76. The summed E-state index contributed by atoms with van der Waals surface area (Å²) in [6.45, 7) is 2.77. The number of rotatable bonds is 8. The fourth-order valence-corrected chi connectivity index (χ4v) is 1.34. The summed E-state index contributed by atoms with van der Waals surface area (Å²) in [5.74, 6) is 0.925. The third kappa shape index (κ3) is 5.74. The number of hydrogen-bond donors (Lipinski definition) is 1. The molecule has 0 radical (unpaired) electrons. The van der Waals surface area contributed by atoms with Crippen molar-refractivity contribution in [1.29, 1.82) is 0 Å². The third-order valence-electron chi connectivity index (χ3n) is 2.63. The van der Waals surface area contributed by atoms with E-state index in [-0.39, 0.29) is 5.91 Å². The van der Waals surface area contributed by atoms with E-state index in [4.69, 9.17) is 10.5 Å². The summed E-state index contributed by atoms with van der Waals surface area (Å²) >= 11 is 0. The Labute approximate surface area is 91.8 Å². The lowest BCUT2D eigenvalue weighted by atomic mass is 10.3. The molecular formula is C11H22N2O2. The number of carbonyl (C=O) groups is 1. The van der Waals surface area contributed by atoms with Crippen LogP contribution < -0.4 is 5.73 Å². The van der Waals surface area contributed by atoms with Gasteiger partial charge in [-0.25, -0.2) is 0 Å². The molecular weight excluding hydrogens is 192 g/mol. The van der Waals surface area contributed by atoms with Crippen LogP contribution in [0.3, 0.4) is 0 Å². The van der Waals surface area contributed by atoms with Crippen LogP contribution in [-0.4, -0.2) is 44.2 Å². The molecule has 4 nitrogen and oxygen atoms in total. The predicted octanol–water partition coefficient (Wildman–Crippen LogP) is 0.610. The molecule has 0 saturated heterocycles. The maximum absolute atomic E-state index is 11.5. The number of hydrogen-bond acceptors (Lipinski definition) is 3. The van der Waals surface area contributed by atoms with Crippen molar-refractivity contribution >= 4 is 5.91 Å². The van der Waals surface area contributed by atoms with Crippen molar-refractivity contribution < 1.29 is 9.53 Å². The summed E-state index contributed by atoms with van der Waals surface area (Å²) in [6.07, 6.45) is 3.95. The molecule has 1 rings (SSSR count). The fraction of sp³-hybridized carbons (Fsp3) is 0.909. The minimum Gasteiger partial charge on any atom is -0.381 e. The molecule has 4 heteroatoms. The molecule has 0 aromatic rings. The second kappa shape index (κ2) is 6.80. The molecule has 0 aromatic carbocycles. The van der Waals surface area contributed by atoms with Gasteiger partial charge >= 0.3 is 0 Å². The van der Waals surface area contributed by atoms with Crippen molar-refractivity contribution in [2.45, 2.75) is 25.7 Å². The lowest BCUT2D eigenvalue weighted by Gasteiger charge is -2.16. The zero-order valence-corrected chi connectivity index (χ0v) is 9.58. The van der Waals surface area contributed by atoms with Gasteiger partial charge in [0, 0.05) is 20.2 Å². The minimum atomic E-state index is 0.152. The van der Waals surface area contributed by atoms with Crippen molar-refractivity contribution in [1.82, 2.24) is 4.90 Å². The standard InChI is InChI=1S/C11H22N2O2/c1-13(7-2-6-12)11(14)5-8-15-9-10-3-4-10/h10H,2-9,12H2,1H3. The molecule has 1 saturated carbocycles. The summed E-state index contributed by atoms with van der Waals surface area (Å²) in [6, 6.07) is 0. The number of ether oxygens (including phenoxy) is 1. The van der Waals surface area contributed by atoms with Gasteiger partial charge in [0.05, 0.1) is 13.0 Å². The van der Waals surface area contributed by atoms with E-state index >= 15 is 0 Å². The van der Waals surface area contributed by atoms with E-state index in [1.807, 2.05) is 7.05 Å². The molecule has 1 aliphatic carbocycles. The first-order chi connectivity index (χ1) is 7.24. The summed E-state index contributed by atoms with van der Waals surface area (Å²) in [5, 5.41) is 0. The monoisotopic (exact) mass is 214 g/mol. The van der Waals surface area contributed by atoms with Crippen LogP contribution in [0.15, 0.2) is 0 Å². The highest BCUT2D eigenvalue weighted by Gasteiger charge is 2.21. The van der Waals surface area contributed by atoms with Gasteiger partial charge in [0.1, 0.15) is 0 Å². The molecule has 1 aliphatic rings. The molecule has 0 unspecified atom stereocenters. The maximum atomic E-state index is 11.5. The lowest BCUT2D eigenvalue weighted by Crippen LogP contribution is -2.29. The molecule has 15 heavy (non-hydrogen) atoms. The van der Waals surface area contributed by atoms with E-state index in [0.29, 0.717) is 19.6 Å². The van der Waals surface area contributed by atoms with E-state index in [1.165, 1.54) is 12.8 Å². The second-order valence-electron chi connectivity index (χ2n) is 4.23. The molecule has 0 heterocycles. The van der Waals surface area contributed by atoms with Crippen LogP contribution in [0.4, 0.5) is 0 Å². The quantitative estimate of drug-likeness (QED) is 0.602. The van der Waals surface area contributed by atoms with E-state index in [0.717, 1.165) is 25.5 Å². The Balaban J connectivity index is 1.95. The smallest absolute Gasteiger partial charge is 0.224 e. The topological polar surface area (TPSA) is 55.6 Å². The Morgan fingerprint density at radius 2 is 2.27 bits per heavy atom. The van der Waals surface area contributed by atoms with Crippen molar-refractivity contribution in [3.8, 4) is 0 Å². The summed E-state index contributed by atoms with van der Waals surface area (Å²) < 4.78 is 5.41. The van der Waals surface area contributed by atoms with Crippen LogP contribution in [0.2, 0.25) is 0 Å². The Morgan fingerprint density at radius 1 is 1.53 bits per heavy atom. The molecule has 0 bridgehead atoms. The Kier molecular flexibility index (Phi) is 5.65. The normalized spacial score (nSPS) is 15.3. The zero-order chi connectivity index (χ0) is 11.1. The average molecular weight is 214 g/mol. The summed E-state index contributed by atoms with van der Waals surface area (Å²) in [7, 11) is 1.82. The summed E-state index contributed by atoms with van der Waals surface area (Å²) in [5.41, 5.74) is 5.38. The zero-order valence-electron chi connectivity index (χ0n) is 9.58. The van der Waals surface area contributed by atoms with Gasteiger partial charge < -0.3 is 15.4 Å². The minimum absolute atomic E-state index is 0.152. The van der Waals surface area contributed by atoms with E-state index in [2.05, 4.69) is 0 Å². The van der Waals surface area contributed by atoms with Gasteiger partial charge in [0.25, 0.3) is 0 Å². The summed E-state index contributed by atoms with van der Waals surface area (Å²) in [4.78, 5) is 13.2. The molecule has 1 fully saturated rings. The van der Waals surface area contributed by atoms with Crippen molar-refractivity contribution in [3.63, 3.8) is 0 Å². The van der Waals surface area contributed by atoms with Crippen LogP contribution >= 0.6 is 0 Å².